The van der Waals surface area contributed by atoms with E-state index >= 15 is 0 Å². The Bertz CT molecular complexity index is 346. The van der Waals surface area contributed by atoms with Crippen molar-refractivity contribution in [1.82, 2.24) is 0 Å². The molecule has 2 nitrogen and oxygen atoms in total. The van der Waals surface area contributed by atoms with Gasteiger partial charge in [0.25, 0.3) is 0 Å². The third-order valence-corrected chi connectivity index (χ3v) is 3.20. The quantitative estimate of drug-likeness (QED) is 0.578. The first-order valence-electron chi connectivity index (χ1n) is 6.04. The highest BCUT2D eigenvalue weighted by atomic mass is 79.9. The Morgan fingerprint density at radius 2 is 2.00 bits per heavy atom. The molecule has 0 spiro atoms. The van der Waals surface area contributed by atoms with E-state index in [1.807, 2.05) is 31.2 Å². The molecule has 0 aliphatic rings. The lowest BCUT2D eigenvalue weighted by atomic mass is 9.98. The van der Waals surface area contributed by atoms with Crippen LogP contribution in [0.15, 0.2) is 28.7 Å². The number of carbonyl (C=O) groups excluding carboxylic acids is 1. The lowest BCUT2D eigenvalue weighted by molar-refractivity contribution is -0.144. The van der Waals surface area contributed by atoms with E-state index in [9.17, 15) is 4.79 Å². The molecule has 1 atom stereocenters. The van der Waals surface area contributed by atoms with Crippen LogP contribution < -0.4 is 0 Å². The van der Waals surface area contributed by atoms with E-state index < -0.39 is 0 Å². The largest absolute Gasteiger partial charge is 0.466 e. The number of rotatable bonds is 6. The molecule has 1 aromatic rings. The minimum atomic E-state index is -0.103. The van der Waals surface area contributed by atoms with Crippen LogP contribution in [0.5, 0.6) is 0 Å². The minimum Gasteiger partial charge on any atom is -0.466 e. The number of benzene rings is 1. The van der Waals surface area contributed by atoms with Gasteiger partial charge in [0.1, 0.15) is 0 Å². The van der Waals surface area contributed by atoms with Gasteiger partial charge in [0.05, 0.1) is 13.0 Å². The van der Waals surface area contributed by atoms with Crippen LogP contribution in [0, 0.1) is 0 Å². The van der Waals surface area contributed by atoms with Crippen molar-refractivity contribution < 1.29 is 9.53 Å². The van der Waals surface area contributed by atoms with Gasteiger partial charge in [0, 0.05) is 4.47 Å². The number of hydrogen-bond acceptors (Lipinski definition) is 2. The summed E-state index contributed by atoms with van der Waals surface area (Å²) in [5.74, 6) is 0.103. The number of unbranched alkanes of at least 4 members (excludes halogenated alkanes) is 1. The maximum Gasteiger partial charge on any atom is 0.306 e. The molecule has 0 aliphatic carbocycles. The molecular weight excluding hydrogens is 280 g/mol. The minimum absolute atomic E-state index is 0.103. The van der Waals surface area contributed by atoms with Gasteiger partial charge in [0.15, 0.2) is 0 Å². The monoisotopic (exact) mass is 298 g/mol. The summed E-state index contributed by atoms with van der Waals surface area (Å²) in [5, 5.41) is 0. The molecule has 0 amide bonds. The van der Waals surface area contributed by atoms with Gasteiger partial charge in [-0.3, -0.25) is 4.79 Å². The van der Waals surface area contributed by atoms with E-state index in [-0.39, 0.29) is 11.9 Å². The standard InChI is InChI=1S/C14H19BrO2/c1-3-4-9-17-14(16)10-11(2)12-5-7-13(15)8-6-12/h5-8,11H,3-4,9-10H2,1-2H3. The average molecular weight is 299 g/mol. The van der Waals surface area contributed by atoms with Crippen molar-refractivity contribution in [1.29, 1.82) is 0 Å². The predicted molar refractivity (Wildman–Crippen MR) is 73.0 cm³/mol. The lowest BCUT2D eigenvalue weighted by Gasteiger charge is -2.11. The maximum absolute atomic E-state index is 11.5. The third-order valence-electron chi connectivity index (χ3n) is 2.67. The fourth-order valence-corrected chi connectivity index (χ4v) is 1.81. The van der Waals surface area contributed by atoms with Crippen molar-refractivity contribution in [3.63, 3.8) is 0 Å². The molecular formula is C14H19BrO2. The van der Waals surface area contributed by atoms with Crippen molar-refractivity contribution >= 4 is 21.9 Å². The number of halogens is 1. The van der Waals surface area contributed by atoms with Gasteiger partial charge in [-0.25, -0.2) is 0 Å². The molecule has 0 aliphatic heterocycles. The Kier molecular flexibility index (Phi) is 6.27. The van der Waals surface area contributed by atoms with Crippen LogP contribution in [0.1, 0.15) is 44.6 Å². The molecule has 1 rings (SSSR count). The van der Waals surface area contributed by atoms with Crippen LogP contribution in [0.2, 0.25) is 0 Å². The molecule has 3 heteroatoms. The molecule has 1 aromatic carbocycles. The van der Waals surface area contributed by atoms with Gasteiger partial charge >= 0.3 is 5.97 Å². The maximum atomic E-state index is 11.5. The number of carbonyl (C=O) groups is 1. The molecule has 0 heterocycles. The van der Waals surface area contributed by atoms with Crippen LogP contribution in [-0.2, 0) is 9.53 Å². The van der Waals surface area contributed by atoms with Crippen LogP contribution >= 0.6 is 15.9 Å². The second-order valence-corrected chi connectivity index (χ2v) is 5.15. The highest BCUT2D eigenvalue weighted by molar-refractivity contribution is 9.10. The van der Waals surface area contributed by atoms with Crippen molar-refractivity contribution in [3.8, 4) is 0 Å². The van der Waals surface area contributed by atoms with Crippen LogP contribution in [-0.4, -0.2) is 12.6 Å². The molecule has 0 N–H and O–H groups in total. The normalized spacial score (nSPS) is 12.2. The zero-order chi connectivity index (χ0) is 12.7. The molecule has 0 radical (unpaired) electrons. The Morgan fingerprint density at radius 3 is 2.59 bits per heavy atom. The van der Waals surface area contributed by atoms with E-state index in [2.05, 4.69) is 22.9 Å². The molecule has 1 unspecified atom stereocenters. The van der Waals surface area contributed by atoms with Crippen molar-refractivity contribution in [3.05, 3.63) is 34.3 Å². The van der Waals surface area contributed by atoms with Gasteiger partial charge < -0.3 is 4.74 Å². The van der Waals surface area contributed by atoms with Gasteiger partial charge in [-0.05, 0) is 30.0 Å². The van der Waals surface area contributed by atoms with Gasteiger partial charge in [0.2, 0.25) is 0 Å². The Hall–Kier alpha value is -0.830. The summed E-state index contributed by atoms with van der Waals surface area (Å²) in [7, 11) is 0. The SMILES string of the molecule is CCCCOC(=O)CC(C)c1ccc(Br)cc1. The van der Waals surface area contributed by atoms with Crippen LogP contribution in [0.4, 0.5) is 0 Å². The lowest BCUT2D eigenvalue weighted by Crippen LogP contribution is -2.09. The molecule has 94 valence electrons. The van der Waals surface area contributed by atoms with E-state index in [1.54, 1.807) is 0 Å². The Balaban J connectivity index is 2.40. The zero-order valence-electron chi connectivity index (χ0n) is 10.4. The van der Waals surface area contributed by atoms with Gasteiger partial charge in [-0.2, -0.15) is 0 Å². The highest BCUT2D eigenvalue weighted by Crippen LogP contribution is 2.21. The first-order chi connectivity index (χ1) is 8.13. The summed E-state index contributed by atoms with van der Waals surface area (Å²) in [6.45, 7) is 4.67. The van der Waals surface area contributed by atoms with Crippen molar-refractivity contribution in [2.75, 3.05) is 6.61 Å². The van der Waals surface area contributed by atoms with Crippen LogP contribution in [0.25, 0.3) is 0 Å². The molecule has 17 heavy (non-hydrogen) atoms. The first-order valence-corrected chi connectivity index (χ1v) is 6.84. The molecule has 0 saturated heterocycles. The zero-order valence-corrected chi connectivity index (χ0v) is 12.0. The number of esters is 1. The van der Waals surface area contributed by atoms with E-state index in [0.29, 0.717) is 13.0 Å². The fraction of sp³-hybridized carbons (Fsp3) is 0.500. The summed E-state index contributed by atoms with van der Waals surface area (Å²) in [5.41, 5.74) is 1.17. The first kappa shape index (κ1) is 14.2. The van der Waals surface area contributed by atoms with E-state index in [0.717, 1.165) is 17.3 Å². The van der Waals surface area contributed by atoms with E-state index in [4.69, 9.17) is 4.74 Å². The summed E-state index contributed by atoms with van der Waals surface area (Å²) >= 11 is 3.40. The van der Waals surface area contributed by atoms with Gasteiger partial charge in [-0.1, -0.05) is 48.3 Å². The van der Waals surface area contributed by atoms with Crippen LogP contribution in [0.3, 0.4) is 0 Å². The second kappa shape index (κ2) is 7.49. The average Bonchev–Trinajstić information content (AvgIpc) is 2.30. The van der Waals surface area contributed by atoms with E-state index in [1.165, 1.54) is 5.56 Å². The van der Waals surface area contributed by atoms with Gasteiger partial charge in [-0.15, -0.1) is 0 Å². The smallest absolute Gasteiger partial charge is 0.306 e. The van der Waals surface area contributed by atoms with Crippen molar-refractivity contribution in [2.24, 2.45) is 0 Å². The predicted octanol–water partition coefficient (Wildman–Crippen LogP) is 4.29. The number of hydrogen-bond donors (Lipinski definition) is 0. The molecule has 0 bridgehead atoms. The molecule has 0 saturated carbocycles. The summed E-state index contributed by atoms with van der Waals surface area (Å²) < 4.78 is 6.20. The topological polar surface area (TPSA) is 26.3 Å². The summed E-state index contributed by atoms with van der Waals surface area (Å²) in [6, 6.07) is 8.06. The highest BCUT2D eigenvalue weighted by Gasteiger charge is 2.11. The molecule has 0 aromatic heterocycles. The summed E-state index contributed by atoms with van der Waals surface area (Å²) in [4.78, 5) is 11.5. The molecule has 0 fully saturated rings. The Morgan fingerprint density at radius 1 is 1.35 bits per heavy atom. The fourth-order valence-electron chi connectivity index (χ4n) is 1.55. The van der Waals surface area contributed by atoms with Crippen molar-refractivity contribution in [2.45, 2.75) is 39.0 Å². The number of ether oxygens (including phenoxy) is 1. The third kappa shape index (κ3) is 5.35. The summed E-state index contributed by atoms with van der Waals surface area (Å²) in [6.07, 6.45) is 2.44. The second-order valence-electron chi connectivity index (χ2n) is 4.23. The Labute approximate surface area is 111 Å².